The van der Waals surface area contributed by atoms with Crippen molar-refractivity contribution in [3.05, 3.63) is 40.7 Å². The second-order valence-corrected chi connectivity index (χ2v) is 4.39. The number of rotatable bonds is 2. The Hall–Kier alpha value is -1.07. The van der Waals surface area contributed by atoms with Crippen LogP contribution in [0.5, 0.6) is 0 Å². The van der Waals surface area contributed by atoms with Crippen LogP contribution in [0.1, 0.15) is 4.88 Å². The quantitative estimate of drug-likeness (QED) is 0.747. The van der Waals surface area contributed by atoms with Gasteiger partial charge < -0.3 is 0 Å². The average molecular weight is 264 g/mol. The van der Waals surface area contributed by atoms with Gasteiger partial charge in [0.1, 0.15) is 22.5 Å². The molecule has 0 aliphatic rings. The van der Waals surface area contributed by atoms with Gasteiger partial charge in [-0.25, -0.2) is 18.2 Å². The van der Waals surface area contributed by atoms with Crippen molar-refractivity contribution in [1.82, 2.24) is 4.98 Å². The zero-order valence-corrected chi connectivity index (χ0v) is 9.38. The molecule has 0 fully saturated rings. The van der Waals surface area contributed by atoms with Crippen molar-refractivity contribution in [2.75, 3.05) is 0 Å². The zero-order chi connectivity index (χ0) is 11.7. The Bertz CT molecular complexity index is 504. The van der Waals surface area contributed by atoms with Crippen LogP contribution >= 0.6 is 22.9 Å². The zero-order valence-electron chi connectivity index (χ0n) is 7.81. The lowest BCUT2D eigenvalue weighted by Gasteiger charge is -2.01. The van der Waals surface area contributed by atoms with Gasteiger partial charge in [0.2, 0.25) is 0 Å². The third-order valence-corrected chi connectivity index (χ3v) is 3.37. The largest absolute Gasteiger partial charge is 0.244 e. The number of nitrogens with zero attached hydrogens (tertiary/aromatic N) is 1. The second kappa shape index (κ2) is 4.43. The van der Waals surface area contributed by atoms with Gasteiger partial charge in [-0.1, -0.05) is 0 Å². The van der Waals surface area contributed by atoms with E-state index in [1.807, 2.05) is 0 Å². The van der Waals surface area contributed by atoms with Crippen molar-refractivity contribution in [2.45, 2.75) is 5.88 Å². The first kappa shape index (κ1) is 11.4. The number of hydrogen-bond acceptors (Lipinski definition) is 2. The van der Waals surface area contributed by atoms with Crippen molar-refractivity contribution in [3.63, 3.8) is 0 Å². The minimum atomic E-state index is -0.965. The van der Waals surface area contributed by atoms with Crippen LogP contribution in [-0.4, -0.2) is 4.98 Å². The smallest absolute Gasteiger partial charge is 0.139 e. The van der Waals surface area contributed by atoms with Gasteiger partial charge in [-0.2, -0.15) is 0 Å². The van der Waals surface area contributed by atoms with Gasteiger partial charge in [0.05, 0.1) is 11.4 Å². The predicted octanol–water partition coefficient (Wildman–Crippen LogP) is 3.97. The fourth-order valence-electron chi connectivity index (χ4n) is 1.23. The summed E-state index contributed by atoms with van der Waals surface area (Å²) in [6.07, 6.45) is 1.44. The van der Waals surface area contributed by atoms with Gasteiger partial charge in [0, 0.05) is 23.2 Å². The molecule has 2 rings (SSSR count). The summed E-state index contributed by atoms with van der Waals surface area (Å²) in [5, 5.41) is 0.158. The highest BCUT2D eigenvalue weighted by Crippen LogP contribution is 2.30. The van der Waals surface area contributed by atoms with Crippen LogP contribution in [0.3, 0.4) is 0 Å². The maximum atomic E-state index is 13.4. The molecule has 0 spiro atoms. The van der Waals surface area contributed by atoms with Crippen LogP contribution < -0.4 is 0 Å². The van der Waals surface area contributed by atoms with Crippen molar-refractivity contribution >= 4 is 22.9 Å². The molecule has 0 unspecified atom stereocenters. The van der Waals surface area contributed by atoms with E-state index in [0.717, 1.165) is 11.3 Å². The third-order valence-electron chi connectivity index (χ3n) is 1.91. The normalized spacial score (nSPS) is 10.8. The maximum Gasteiger partial charge on any atom is 0.139 e. The summed E-state index contributed by atoms with van der Waals surface area (Å²) in [6, 6.07) is 1.25. The molecule has 0 aliphatic carbocycles. The third kappa shape index (κ3) is 2.05. The molecule has 84 valence electrons. The van der Waals surface area contributed by atoms with Crippen LogP contribution in [0.2, 0.25) is 0 Å². The number of aromatic nitrogens is 1. The number of alkyl halides is 1. The Morgan fingerprint density at radius 2 is 1.81 bits per heavy atom. The fourth-order valence-corrected chi connectivity index (χ4v) is 2.27. The van der Waals surface area contributed by atoms with E-state index in [0.29, 0.717) is 17.0 Å². The lowest BCUT2D eigenvalue weighted by molar-refractivity contribution is 0.548. The van der Waals surface area contributed by atoms with Crippen molar-refractivity contribution in [3.8, 4) is 10.6 Å². The number of benzene rings is 1. The predicted molar refractivity (Wildman–Crippen MR) is 57.0 cm³/mol. The van der Waals surface area contributed by atoms with Gasteiger partial charge in [-0.15, -0.1) is 22.9 Å². The summed E-state index contributed by atoms with van der Waals surface area (Å²) in [4.78, 5) is 4.53. The molecule has 0 amide bonds. The number of hydrogen-bond donors (Lipinski definition) is 0. The van der Waals surface area contributed by atoms with E-state index in [2.05, 4.69) is 4.98 Å². The minimum Gasteiger partial charge on any atom is -0.244 e. The standard InChI is InChI=1S/C10H5ClF3NS/c11-3-6-4-15-10(16-6)9-7(13)1-5(12)2-8(9)14/h1-2,4H,3H2. The van der Waals surface area contributed by atoms with Gasteiger partial charge >= 0.3 is 0 Å². The lowest BCUT2D eigenvalue weighted by atomic mass is 10.2. The molecule has 0 N–H and O–H groups in total. The monoisotopic (exact) mass is 263 g/mol. The molecule has 0 saturated heterocycles. The Labute approximate surface area is 98.5 Å². The molecule has 1 heterocycles. The molecular formula is C10H5ClF3NS. The summed E-state index contributed by atoms with van der Waals surface area (Å²) in [5.41, 5.74) is -0.317. The van der Waals surface area contributed by atoms with Crippen LogP contribution in [0, 0.1) is 17.5 Å². The summed E-state index contributed by atoms with van der Waals surface area (Å²) >= 11 is 6.63. The fraction of sp³-hybridized carbons (Fsp3) is 0.100. The molecule has 0 saturated carbocycles. The Morgan fingerprint density at radius 3 is 2.31 bits per heavy atom. The first-order chi connectivity index (χ1) is 7.61. The highest BCUT2D eigenvalue weighted by atomic mass is 35.5. The van der Waals surface area contributed by atoms with E-state index in [1.54, 1.807) is 0 Å². The van der Waals surface area contributed by atoms with E-state index in [9.17, 15) is 13.2 Å². The first-order valence-corrected chi connectivity index (χ1v) is 5.62. The van der Waals surface area contributed by atoms with E-state index < -0.39 is 17.5 Å². The molecule has 2 aromatic rings. The van der Waals surface area contributed by atoms with E-state index in [1.165, 1.54) is 6.20 Å². The molecule has 0 aliphatic heterocycles. The minimum absolute atomic E-state index is 0.158. The highest BCUT2D eigenvalue weighted by molar-refractivity contribution is 7.15. The van der Waals surface area contributed by atoms with Gasteiger partial charge in [-0.05, 0) is 0 Å². The maximum absolute atomic E-state index is 13.4. The van der Waals surface area contributed by atoms with Crippen LogP contribution in [0.25, 0.3) is 10.6 Å². The van der Waals surface area contributed by atoms with Gasteiger partial charge in [0.15, 0.2) is 0 Å². The summed E-state index contributed by atoms with van der Waals surface area (Å²) in [7, 11) is 0. The molecule has 1 aromatic carbocycles. The SMILES string of the molecule is Fc1cc(F)c(-c2ncc(CCl)s2)c(F)c1. The molecule has 1 nitrogen and oxygen atoms in total. The summed E-state index contributed by atoms with van der Waals surface area (Å²) in [5.74, 6) is -2.66. The van der Waals surface area contributed by atoms with Crippen LogP contribution in [0.4, 0.5) is 13.2 Å². The lowest BCUT2D eigenvalue weighted by Crippen LogP contribution is -1.91. The Kier molecular flexibility index (Phi) is 3.16. The van der Waals surface area contributed by atoms with E-state index in [-0.39, 0.29) is 16.5 Å². The Balaban J connectivity index is 2.55. The molecule has 0 atom stereocenters. The van der Waals surface area contributed by atoms with Crippen LogP contribution in [-0.2, 0) is 5.88 Å². The molecule has 16 heavy (non-hydrogen) atoms. The molecular weight excluding hydrogens is 259 g/mol. The van der Waals surface area contributed by atoms with Crippen molar-refractivity contribution in [1.29, 1.82) is 0 Å². The van der Waals surface area contributed by atoms with Crippen molar-refractivity contribution in [2.24, 2.45) is 0 Å². The second-order valence-electron chi connectivity index (χ2n) is 3.01. The van der Waals surface area contributed by atoms with Gasteiger partial charge in [-0.3, -0.25) is 0 Å². The summed E-state index contributed by atoms with van der Waals surface area (Å²) < 4.78 is 39.4. The molecule has 6 heteroatoms. The average Bonchev–Trinajstić information content (AvgIpc) is 2.64. The summed E-state index contributed by atoms with van der Waals surface area (Å²) in [6.45, 7) is 0. The first-order valence-electron chi connectivity index (χ1n) is 4.27. The number of halogens is 4. The van der Waals surface area contributed by atoms with Crippen molar-refractivity contribution < 1.29 is 13.2 Å². The van der Waals surface area contributed by atoms with Gasteiger partial charge in [0.25, 0.3) is 0 Å². The van der Waals surface area contributed by atoms with E-state index >= 15 is 0 Å². The Morgan fingerprint density at radius 1 is 1.19 bits per heavy atom. The molecule has 0 bridgehead atoms. The van der Waals surface area contributed by atoms with E-state index in [4.69, 9.17) is 11.6 Å². The highest BCUT2D eigenvalue weighted by Gasteiger charge is 2.16. The van der Waals surface area contributed by atoms with Crippen LogP contribution in [0.15, 0.2) is 18.3 Å². The number of thiazole rings is 1. The topological polar surface area (TPSA) is 12.9 Å². The molecule has 0 radical (unpaired) electrons. The molecule has 1 aromatic heterocycles.